The number of nitrogens with zero attached hydrogens (tertiary/aromatic N) is 2. The highest BCUT2D eigenvalue weighted by Crippen LogP contribution is 2.41. The number of nitrogens with one attached hydrogen (secondary N) is 1. The van der Waals surface area contributed by atoms with Gasteiger partial charge in [0.05, 0.1) is 12.2 Å². The summed E-state index contributed by atoms with van der Waals surface area (Å²) in [7, 11) is 0. The maximum atomic E-state index is 12.5. The quantitative estimate of drug-likeness (QED) is 0.534. The monoisotopic (exact) mass is 461 g/mol. The first-order chi connectivity index (χ1) is 14.8. The molecule has 0 unspecified atom stereocenters. The van der Waals surface area contributed by atoms with Gasteiger partial charge in [-0.3, -0.25) is 9.59 Å². The van der Waals surface area contributed by atoms with Crippen molar-refractivity contribution in [3.63, 3.8) is 0 Å². The van der Waals surface area contributed by atoms with Crippen molar-refractivity contribution in [3.05, 3.63) is 58.6 Å². The van der Waals surface area contributed by atoms with E-state index in [1.807, 2.05) is 6.92 Å². The molecule has 0 fully saturated rings. The van der Waals surface area contributed by atoms with E-state index in [1.54, 1.807) is 42.5 Å². The number of hydrazone groups is 1. The van der Waals surface area contributed by atoms with Gasteiger partial charge < -0.3 is 14.8 Å². The third kappa shape index (κ3) is 5.56. The first-order valence-electron chi connectivity index (χ1n) is 9.35. The molecule has 0 bridgehead atoms. The van der Waals surface area contributed by atoms with Crippen LogP contribution in [-0.4, -0.2) is 34.6 Å². The fourth-order valence-corrected chi connectivity index (χ4v) is 4.01. The number of carbonyl (C=O) groups excluding carboxylic acids is 3. The third-order valence-electron chi connectivity index (χ3n) is 4.08. The van der Waals surface area contributed by atoms with E-state index < -0.39 is 11.3 Å². The normalized spacial score (nSPS) is 15.3. The van der Waals surface area contributed by atoms with Gasteiger partial charge in [-0.15, -0.1) is 5.10 Å². The highest BCUT2D eigenvalue weighted by atomic mass is 35.5. The molecule has 8 nitrogen and oxygen atoms in total. The second kappa shape index (κ2) is 9.84. The number of hydrogen-bond donors (Lipinski definition) is 1. The first kappa shape index (κ1) is 22.6. The van der Waals surface area contributed by atoms with Crippen LogP contribution < -0.4 is 14.8 Å². The number of amidine groups is 1. The maximum absolute atomic E-state index is 12.5. The third-order valence-corrected chi connectivity index (χ3v) is 5.44. The van der Waals surface area contributed by atoms with Crippen molar-refractivity contribution in [2.75, 3.05) is 6.61 Å². The summed E-state index contributed by atoms with van der Waals surface area (Å²) in [6.45, 7) is 4.91. The van der Waals surface area contributed by atoms with Gasteiger partial charge in [0.2, 0.25) is 11.8 Å². The Morgan fingerprint density at radius 3 is 2.45 bits per heavy atom. The fourth-order valence-electron chi connectivity index (χ4n) is 2.75. The zero-order valence-corrected chi connectivity index (χ0v) is 18.6. The Balaban J connectivity index is 1.86. The number of thioether (sulfide) groups is 1. The smallest absolute Gasteiger partial charge is 0.343 e. The average molecular weight is 462 g/mol. The molecule has 2 aromatic rings. The van der Waals surface area contributed by atoms with Crippen LogP contribution in [0.4, 0.5) is 0 Å². The van der Waals surface area contributed by atoms with Crippen LogP contribution in [0.5, 0.6) is 11.5 Å². The molecule has 1 atom stereocenters. The fraction of sp³-hybridized carbons (Fsp3) is 0.238. The van der Waals surface area contributed by atoms with E-state index in [-0.39, 0.29) is 17.6 Å². The summed E-state index contributed by atoms with van der Waals surface area (Å²) in [4.78, 5) is 35.9. The molecule has 2 amide bonds. The molecule has 0 aromatic heterocycles. The van der Waals surface area contributed by atoms with Crippen LogP contribution >= 0.6 is 23.4 Å². The summed E-state index contributed by atoms with van der Waals surface area (Å²) in [6.07, 6.45) is 0. The topological polar surface area (TPSA) is 97.3 Å². The Bertz CT molecular complexity index is 1040. The summed E-state index contributed by atoms with van der Waals surface area (Å²) in [5, 5.41) is 8.38. The summed E-state index contributed by atoms with van der Waals surface area (Å²) in [6, 6.07) is 11.3. The van der Waals surface area contributed by atoms with Gasteiger partial charge in [0, 0.05) is 18.9 Å². The molecule has 2 aromatic carbocycles. The van der Waals surface area contributed by atoms with Crippen LogP contribution in [0.15, 0.2) is 47.6 Å². The second-order valence-electron chi connectivity index (χ2n) is 6.46. The number of amides is 2. The molecule has 1 N–H and O–H groups in total. The van der Waals surface area contributed by atoms with Crippen LogP contribution in [0.3, 0.4) is 0 Å². The molecule has 3 rings (SSSR count). The van der Waals surface area contributed by atoms with Gasteiger partial charge in [-0.2, -0.15) is 0 Å². The number of benzene rings is 2. The molecule has 0 aliphatic carbocycles. The van der Waals surface area contributed by atoms with E-state index in [9.17, 15) is 14.4 Å². The van der Waals surface area contributed by atoms with E-state index in [1.165, 1.54) is 30.6 Å². The van der Waals surface area contributed by atoms with Gasteiger partial charge in [0.25, 0.3) is 0 Å². The average Bonchev–Trinajstić information content (AvgIpc) is 3.13. The van der Waals surface area contributed by atoms with Crippen molar-refractivity contribution in [2.45, 2.75) is 26.1 Å². The highest BCUT2D eigenvalue weighted by Gasteiger charge is 2.33. The summed E-state index contributed by atoms with van der Waals surface area (Å²) < 4.78 is 11.2. The van der Waals surface area contributed by atoms with Crippen LogP contribution in [0.2, 0.25) is 5.02 Å². The molecule has 162 valence electrons. The van der Waals surface area contributed by atoms with Gasteiger partial charge in [-0.1, -0.05) is 29.4 Å². The van der Waals surface area contributed by atoms with Crippen molar-refractivity contribution in [3.8, 4) is 11.5 Å². The SMILES string of the molecule is CCOc1cc([C@H]2SC(NC(C)=O)=NN2C(C)=O)ccc1OC(=O)c1ccc(Cl)cc1. The number of hydrogen-bond acceptors (Lipinski definition) is 7. The number of rotatable bonds is 5. The van der Waals surface area contributed by atoms with Crippen LogP contribution in [0.1, 0.15) is 42.1 Å². The summed E-state index contributed by atoms with van der Waals surface area (Å²) >= 11 is 7.08. The first-order valence-corrected chi connectivity index (χ1v) is 10.6. The predicted octanol–water partition coefficient (Wildman–Crippen LogP) is 3.96. The molecule has 0 spiro atoms. The predicted molar refractivity (Wildman–Crippen MR) is 118 cm³/mol. The number of halogens is 1. The number of esters is 1. The van der Waals surface area contributed by atoms with Crippen LogP contribution in [0, 0.1) is 0 Å². The minimum Gasteiger partial charge on any atom is -0.490 e. The number of carbonyl (C=O) groups is 3. The lowest BCUT2D eigenvalue weighted by Gasteiger charge is -2.20. The molecule has 10 heteroatoms. The molecule has 0 saturated carbocycles. The van der Waals surface area contributed by atoms with Gasteiger partial charge >= 0.3 is 5.97 Å². The Morgan fingerprint density at radius 2 is 1.84 bits per heavy atom. The van der Waals surface area contributed by atoms with Crippen LogP contribution in [-0.2, 0) is 9.59 Å². The van der Waals surface area contributed by atoms with Crippen molar-refractivity contribution >= 4 is 46.3 Å². The van der Waals surface area contributed by atoms with Crippen LogP contribution in [0.25, 0.3) is 0 Å². The zero-order chi connectivity index (χ0) is 22.5. The maximum Gasteiger partial charge on any atom is 0.343 e. The van der Waals surface area contributed by atoms with Crippen molar-refractivity contribution < 1.29 is 23.9 Å². The van der Waals surface area contributed by atoms with E-state index in [4.69, 9.17) is 21.1 Å². The second-order valence-corrected chi connectivity index (χ2v) is 7.96. The van der Waals surface area contributed by atoms with E-state index in [0.29, 0.717) is 33.7 Å². The lowest BCUT2D eigenvalue weighted by atomic mass is 10.2. The summed E-state index contributed by atoms with van der Waals surface area (Å²) in [5.74, 6) is -0.531. The van der Waals surface area contributed by atoms with Crippen molar-refractivity contribution in [2.24, 2.45) is 5.10 Å². The molecule has 1 aliphatic rings. The molecule has 31 heavy (non-hydrogen) atoms. The highest BCUT2D eigenvalue weighted by molar-refractivity contribution is 8.14. The largest absolute Gasteiger partial charge is 0.490 e. The molecule has 1 heterocycles. The van der Waals surface area contributed by atoms with Gasteiger partial charge in [-0.25, -0.2) is 9.80 Å². The van der Waals surface area contributed by atoms with E-state index in [2.05, 4.69) is 10.4 Å². The molecule has 0 saturated heterocycles. The van der Waals surface area contributed by atoms with E-state index in [0.717, 1.165) is 0 Å². The standard InChI is InChI=1S/C21H20ClN3O5S/c1-4-29-18-11-15(19-25(13(3)27)24-21(31-19)23-12(2)26)7-10-17(18)30-20(28)14-5-8-16(22)9-6-14/h5-11,19H,4H2,1-3H3,(H,23,24,26)/t19-/m1/s1. The Labute approximate surface area is 188 Å². The zero-order valence-electron chi connectivity index (χ0n) is 17.0. The minimum absolute atomic E-state index is 0.242. The molecule has 0 radical (unpaired) electrons. The molecular weight excluding hydrogens is 442 g/mol. The Hall–Kier alpha value is -3.04. The van der Waals surface area contributed by atoms with Crippen molar-refractivity contribution in [1.29, 1.82) is 0 Å². The lowest BCUT2D eigenvalue weighted by molar-refractivity contribution is -0.129. The summed E-state index contributed by atoms with van der Waals surface area (Å²) in [5.41, 5.74) is 1.04. The van der Waals surface area contributed by atoms with Crippen molar-refractivity contribution in [1.82, 2.24) is 10.3 Å². The molecule has 1 aliphatic heterocycles. The minimum atomic E-state index is -0.553. The van der Waals surface area contributed by atoms with Gasteiger partial charge in [0.1, 0.15) is 5.37 Å². The van der Waals surface area contributed by atoms with Gasteiger partial charge in [0.15, 0.2) is 16.7 Å². The Kier molecular flexibility index (Phi) is 7.19. The van der Waals surface area contributed by atoms with Gasteiger partial charge in [-0.05, 0) is 48.9 Å². The number of ether oxygens (including phenoxy) is 2. The Morgan fingerprint density at radius 1 is 1.13 bits per heavy atom. The lowest BCUT2D eigenvalue weighted by Crippen LogP contribution is -2.25. The van der Waals surface area contributed by atoms with E-state index >= 15 is 0 Å². The molecular formula is C21H20ClN3O5S.